The molecule has 7 heteroatoms. The van der Waals surface area contributed by atoms with Gasteiger partial charge in [-0.1, -0.05) is 72.0 Å². The molecule has 0 aliphatic rings. The number of nitrogens with one attached hydrogen (secondary N) is 1. The Bertz CT molecular complexity index is 884. The highest BCUT2D eigenvalue weighted by molar-refractivity contribution is 7.16. The van der Waals surface area contributed by atoms with E-state index in [1.54, 1.807) is 6.07 Å². The fourth-order valence-electron chi connectivity index (χ4n) is 2.52. The summed E-state index contributed by atoms with van der Waals surface area (Å²) < 4.78 is 0. The third kappa shape index (κ3) is 4.20. The van der Waals surface area contributed by atoms with Crippen LogP contribution in [-0.2, 0) is 4.79 Å². The van der Waals surface area contributed by atoms with Crippen molar-refractivity contribution in [2.75, 3.05) is 0 Å². The quantitative estimate of drug-likeness (QED) is 0.408. The number of nitrogens with zero attached hydrogens (tertiary/aromatic N) is 2. The lowest BCUT2D eigenvalue weighted by Gasteiger charge is -2.16. The Kier molecular flexibility index (Phi) is 5.50. The largest absolute Gasteiger partial charge is 0.324 e. The fraction of sp³-hybridized carbons (Fsp3) is 0.0526. The number of nitro groups is 1. The maximum absolute atomic E-state index is 12.7. The first-order valence-corrected chi connectivity index (χ1v) is 8.64. The second-order valence-electron chi connectivity index (χ2n) is 5.42. The first kappa shape index (κ1) is 17.5. The molecule has 0 spiro atoms. The molecule has 0 aliphatic heterocycles. The Balaban J connectivity index is 1.77. The molecule has 6 nitrogen and oxygen atoms in total. The zero-order chi connectivity index (χ0) is 18.4. The second-order valence-corrected chi connectivity index (χ2v) is 6.52. The Hall–Kier alpha value is -3.32. The van der Waals surface area contributed by atoms with E-state index in [9.17, 15) is 14.9 Å². The van der Waals surface area contributed by atoms with Crippen LogP contribution in [0.1, 0.15) is 21.9 Å². The third-order valence-electron chi connectivity index (χ3n) is 3.69. The van der Waals surface area contributed by atoms with Crippen molar-refractivity contribution in [1.82, 2.24) is 5.43 Å². The Morgan fingerprint density at radius 1 is 1.00 bits per heavy atom. The van der Waals surface area contributed by atoms with Gasteiger partial charge in [-0.25, -0.2) is 5.43 Å². The first-order valence-electron chi connectivity index (χ1n) is 7.82. The van der Waals surface area contributed by atoms with Gasteiger partial charge in [-0.2, -0.15) is 5.10 Å². The SMILES string of the molecule is O=C(NN=Cc1ccc([N+](=O)[O-])s1)C(c1ccccc1)c1ccccc1. The van der Waals surface area contributed by atoms with Crippen LogP contribution in [0.3, 0.4) is 0 Å². The summed E-state index contributed by atoms with van der Waals surface area (Å²) in [5, 5.41) is 14.7. The van der Waals surface area contributed by atoms with E-state index >= 15 is 0 Å². The summed E-state index contributed by atoms with van der Waals surface area (Å²) in [6.07, 6.45) is 1.41. The van der Waals surface area contributed by atoms with Gasteiger partial charge in [-0.15, -0.1) is 0 Å². The molecule has 0 unspecified atom stereocenters. The van der Waals surface area contributed by atoms with Gasteiger partial charge in [0.15, 0.2) is 0 Å². The Morgan fingerprint density at radius 2 is 1.58 bits per heavy atom. The maximum atomic E-state index is 12.7. The minimum absolute atomic E-state index is 0.0317. The average molecular weight is 365 g/mol. The van der Waals surface area contributed by atoms with Crippen LogP contribution >= 0.6 is 11.3 Å². The summed E-state index contributed by atoms with van der Waals surface area (Å²) in [5.74, 6) is -0.767. The Labute approximate surface area is 154 Å². The number of rotatable bonds is 6. The minimum Gasteiger partial charge on any atom is -0.272 e. The highest BCUT2D eigenvalue weighted by Crippen LogP contribution is 2.25. The lowest BCUT2D eigenvalue weighted by atomic mass is 9.91. The summed E-state index contributed by atoms with van der Waals surface area (Å²) in [6.45, 7) is 0. The zero-order valence-electron chi connectivity index (χ0n) is 13.6. The molecule has 130 valence electrons. The van der Waals surface area contributed by atoms with Gasteiger partial charge < -0.3 is 0 Å². The molecular formula is C19H15N3O3S. The molecule has 26 heavy (non-hydrogen) atoms. The van der Waals surface area contributed by atoms with Crippen LogP contribution < -0.4 is 5.43 Å². The zero-order valence-corrected chi connectivity index (χ0v) is 14.4. The van der Waals surface area contributed by atoms with Gasteiger partial charge in [0.05, 0.1) is 21.9 Å². The standard InChI is InChI=1S/C19H15N3O3S/c23-19(21-20-13-16-11-12-17(26-16)22(24)25)18(14-7-3-1-4-8-14)15-9-5-2-6-10-15/h1-13,18H,(H,21,23). The smallest absolute Gasteiger partial charge is 0.272 e. The summed E-state index contributed by atoms with van der Waals surface area (Å²) in [7, 11) is 0. The van der Waals surface area contributed by atoms with Crippen molar-refractivity contribution in [2.24, 2.45) is 5.10 Å². The van der Waals surface area contributed by atoms with E-state index in [4.69, 9.17) is 0 Å². The van der Waals surface area contributed by atoms with E-state index in [0.29, 0.717) is 4.88 Å². The third-order valence-corrected chi connectivity index (χ3v) is 4.66. The van der Waals surface area contributed by atoms with Crippen molar-refractivity contribution in [1.29, 1.82) is 0 Å². The lowest BCUT2D eigenvalue weighted by molar-refractivity contribution is -0.380. The number of thiophene rings is 1. The van der Waals surface area contributed by atoms with Crippen molar-refractivity contribution < 1.29 is 9.72 Å². The van der Waals surface area contributed by atoms with Crippen molar-refractivity contribution in [3.8, 4) is 0 Å². The molecule has 3 aromatic rings. The Morgan fingerprint density at radius 3 is 2.08 bits per heavy atom. The molecule has 0 saturated heterocycles. The summed E-state index contributed by atoms with van der Waals surface area (Å²) in [4.78, 5) is 23.6. The average Bonchev–Trinajstić information content (AvgIpc) is 3.13. The molecule has 1 aromatic heterocycles. The number of carbonyl (C=O) groups is 1. The van der Waals surface area contributed by atoms with Gasteiger partial charge in [-0.3, -0.25) is 14.9 Å². The number of hydrazone groups is 1. The van der Waals surface area contributed by atoms with E-state index in [1.807, 2.05) is 60.7 Å². The van der Waals surface area contributed by atoms with Gasteiger partial charge >= 0.3 is 5.00 Å². The number of hydrogen-bond donors (Lipinski definition) is 1. The van der Waals surface area contributed by atoms with Crippen LogP contribution in [0.2, 0.25) is 0 Å². The molecule has 0 radical (unpaired) electrons. The van der Waals surface area contributed by atoms with E-state index in [-0.39, 0.29) is 10.9 Å². The maximum Gasteiger partial charge on any atom is 0.324 e. The van der Waals surface area contributed by atoms with Gasteiger partial charge in [0.2, 0.25) is 0 Å². The van der Waals surface area contributed by atoms with Crippen LogP contribution in [0.5, 0.6) is 0 Å². The molecule has 3 rings (SSSR count). The molecule has 0 aliphatic carbocycles. The van der Waals surface area contributed by atoms with Crippen LogP contribution in [-0.4, -0.2) is 17.0 Å². The topological polar surface area (TPSA) is 84.6 Å². The normalized spacial score (nSPS) is 11.0. The molecule has 0 atom stereocenters. The highest BCUT2D eigenvalue weighted by Gasteiger charge is 2.22. The monoisotopic (exact) mass is 365 g/mol. The predicted molar refractivity (Wildman–Crippen MR) is 101 cm³/mol. The van der Waals surface area contributed by atoms with Gasteiger partial charge in [0, 0.05) is 6.07 Å². The van der Waals surface area contributed by atoms with Crippen molar-refractivity contribution in [2.45, 2.75) is 5.92 Å². The summed E-state index contributed by atoms with van der Waals surface area (Å²) in [6, 6.07) is 21.9. The molecule has 0 saturated carbocycles. The van der Waals surface area contributed by atoms with Crippen LogP contribution in [0, 0.1) is 10.1 Å². The molecular weight excluding hydrogens is 350 g/mol. The number of amides is 1. The molecule has 1 amide bonds. The van der Waals surface area contributed by atoms with E-state index in [2.05, 4.69) is 10.5 Å². The van der Waals surface area contributed by atoms with E-state index in [0.717, 1.165) is 22.5 Å². The van der Waals surface area contributed by atoms with Crippen LogP contribution in [0.25, 0.3) is 0 Å². The molecule has 0 bridgehead atoms. The van der Waals surface area contributed by atoms with Crippen LogP contribution in [0.4, 0.5) is 5.00 Å². The number of carbonyl (C=O) groups excluding carboxylic acids is 1. The fourth-order valence-corrected chi connectivity index (χ4v) is 3.21. The minimum atomic E-state index is -0.493. The molecule has 1 heterocycles. The summed E-state index contributed by atoms with van der Waals surface area (Å²) >= 11 is 0.994. The van der Waals surface area contributed by atoms with Crippen molar-refractivity contribution in [3.63, 3.8) is 0 Å². The van der Waals surface area contributed by atoms with Gasteiger partial charge in [0.25, 0.3) is 5.91 Å². The first-order chi connectivity index (χ1) is 12.6. The highest BCUT2D eigenvalue weighted by atomic mass is 32.1. The molecule has 0 fully saturated rings. The number of hydrogen-bond acceptors (Lipinski definition) is 5. The molecule has 2 aromatic carbocycles. The second kappa shape index (κ2) is 8.17. The van der Waals surface area contributed by atoms with E-state index < -0.39 is 10.8 Å². The van der Waals surface area contributed by atoms with Crippen molar-refractivity contribution >= 4 is 28.5 Å². The molecule has 1 N–H and O–H groups in total. The number of benzene rings is 2. The predicted octanol–water partition coefficient (Wildman–Crippen LogP) is 3.94. The van der Waals surface area contributed by atoms with Gasteiger partial charge in [-0.05, 0) is 17.2 Å². The van der Waals surface area contributed by atoms with Crippen LogP contribution in [0.15, 0.2) is 77.9 Å². The summed E-state index contributed by atoms with van der Waals surface area (Å²) in [5.41, 5.74) is 4.25. The van der Waals surface area contributed by atoms with E-state index in [1.165, 1.54) is 12.3 Å². The lowest BCUT2D eigenvalue weighted by Crippen LogP contribution is -2.26. The van der Waals surface area contributed by atoms with Crippen molar-refractivity contribution in [3.05, 3.63) is 98.9 Å². The van der Waals surface area contributed by atoms with Gasteiger partial charge in [0.1, 0.15) is 0 Å².